The summed E-state index contributed by atoms with van der Waals surface area (Å²) in [5.41, 5.74) is 2.61. The molecule has 0 saturated heterocycles. The number of benzene rings is 1. The molecule has 3 rings (SSSR count). The van der Waals surface area contributed by atoms with Gasteiger partial charge in [-0.05, 0) is 31.0 Å². The van der Waals surface area contributed by atoms with Crippen molar-refractivity contribution in [2.75, 3.05) is 5.43 Å². The van der Waals surface area contributed by atoms with E-state index in [1.165, 1.54) is 12.8 Å². The summed E-state index contributed by atoms with van der Waals surface area (Å²) in [5.74, 6) is 7.55. The lowest BCUT2D eigenvalue weighted by atomic mass is 10.4. The highest BCUT2D eigenvalue weighted by molar-refractivity contribution is 9.10. The van der Waals surface area contributed by atoms with Gasteiger partial charge in [0.2, 0.25) is 0 Å². The third kappa shape index (κ3) is 3.26. The monoisotopic (exact) mass is 336 g/mol. The lowest BCUT2D eigenvalue weighted by molar-refractivity contribution is 0.878. The van der Waals surface area contributed by atoms with E-state index in [1.807, 2.05) is 18.2 Å². The quantitative estimate of drug-likeness (QED) is 0.507. The van der Waals surface area contributed by atoms with Gasteiger partial charge in [0.15, 0.2) is 0 Å². The largest absolute Gasteiger partial charge is 0.308 e. The predicted octanol–water partition coefficient (Wildman–Crippen LogP) is 3.55. The lowest BCUT2D eigenvalue weighted by Gasteiger charge is -2.07. The molecule has 1 aromatic carbocycles. The molecule has 98 valence electrons. The van der Waals surface area contributed by atoms with E-state index < -0.39 is 0 Å². The molecule has 1 saturated carbocycles. The van der Waals surface area contributed by atoms with Crippen molar-refractivity contribution in [3.05, 3.63) is 40.6 Å². The van der Waals surface area contributed by atoms with Crippen LogP contribution in [0.1, 0.15) is 24.6 Å². The third-order valence-corrected chi connectivity index (χ3v) is 4.23. The first-order valence-electron chi connectivity index (χ1n) is 6.03. The second kappa shape index (κ2) is 5.48. The molecule has 0 aliphatic heterocycles. The van der Waals surface area contributed by atoms with E-state index in [2.05, 4.69) is 43.5 Å². The summed E-state index contributed by atoms with van der Waals surface area (Å²) in [6.07, 6.45) is 2.35. The zero-order valence-electron chi connectivity index (χ0n) is 10.1. The Hall–Kier alpha value is -1.11. The number of hydrogen-bond acceptors (Lipinski definition) is 5. The number of rotatable bonds is 4. The third-order valence-electron chi connectivity index (χ3n) is 2.83. The van der Waals surface area contributed by atoms with Gasteiger partial charge in [-0.2, -0.15) is 0 Å². The minimum atomic E-state index is 0.509. The average Bonchev–Trinajstić information content (AvgIpc) is 3.22. The number of aromatic nitrogens is 2. The molecule has 6 heteroatoms. The molecule has 19 heavy (non-hydrogen) atoms. The van der Waals surface area contributed by atoms with Crippen LogP contribution in [0.25, 0.3) is 0 Å². The number of hydrogen-bond donors (Lipinski definition) is 2. The van der Waals surface area contributed by atoms with Crippen LogP contribution in [0.3, 0.4) is 0 Å². The van der Waals surface area contributed by atoms with E-state index in [4.69, 9.17) is 5.84 Å². The Morgan fingerprint density at radius 3 is 2.79 bits per heavy atom. The molecule has 0 amide bonds. The van der Waals surface area contributed by atoms with Crippen LogP contribution < -0.4 is 11.3 Å². The van der Waals surface area contributed by atoms with Crippen LogP contribution in [0.15, 0.2) is 44.7 Å². The van der Waals surface area contributed by atoms with Crippen LogP contribution in [0.2, 0.25) is 0 Å². The summed E-state index contributed by atoms with van der Waals surface area (Å²) >= 11 is 5.09. The fourth-order valence-corrected chi connectivity index (χ4v) is 3.18. The van der Waals surface area contributed by atoms with Crippen molar-refractivity contribution in [1.29, 1.82) is 0 Å². The summed E-state index contributed by atoms with van der Waals surface area (Å²) in [6.45, 7) is 0. The van der Waals surface area contributed by atoms with Crippen molar-refractivity contribution >= 4 is 33.5 Å². The minimum absolute atomic E-state index is 0.509. The van der Waals surface area contributed by atoms with E-state index >= 15 is 0 Å². The number of nitrogen functional groups attached to an aromatic ring is 1. The maximum Gasteiger partial charge on any atom is 0.144 e. The number of nitrogens with two attached hydrogens (primary N) is 1. The van der Waals surface area contributed by atoms with Gasteiger partial charge in [-0.25, -0.2) is 15.8 Å². The van der Waals surface area contributed by atoms with E-state index in [9.17, 15) is 0 Å². The topological polar surface area (TPSA) is 63.8 Å². The van der Waals surface area contributed by atoms with Crippen molar-refractivity contribution in [1.82, 2.24) is 9.97 Å². The molecule has 0 bridgehead atoms. The Morgan fingerprint density at radius 2 is 2.11 bits per heavy atom. The number of anilines is 1. The van der Waals surface area contributed by atoms with Crippen LogP contribution in [-0.2, 0) is 0 Å². The van der Waals surface area contributed by atoms with Gasteiger partial charge in [-0.3, -0.25) is 0 Å². The molecule has 0 spiro atoms. The van der Waals surface area contributed by atoms with Gasteiger partial charge in [-0.15, -0.1) is 0 Å². The molecule has 2 aromatic rings. The highest BCUT2D eigenvalue weighted by Gasteiger charge is 2.27. The summed E-state index contributed by atoms with van der Waals surface area (Å²) in [4.78, 5) is 10.1. The highest BCUT2D eigenvalue weighted by Crippen LogP contribution is 2.39. The summed E-state index contributed by atoms with van der Waals surface area (Å²) in [7, 11) is 0. The lowest BCUT2D eigenvalue weighted by Crippen LogP contribution is -2.10. The van der Waals surface area contributed by atoms with Crippen LogP contribution in [0.5, 0.6) is 0 Å². The zero-order chi connectivity index (χ0) is 13.2. The van der Waals surface area contributed by atoms with E-state index in [0.717, 1.165) is 20.2 Å². The maximum atomic E-state index is 5.47. The number of halogens is 1. The molecular formula is C13H13BrN4S. The fraction of sp³-hybridized carbons (Fsp3) is 0.231. The molecule has 1 aliphatic rings. The van der Waals surface area contributed by atoms with Crippen molar-refractivity contribution < 1.29 is 0 Å². The molecular weight excluding hydrogens is 324 g/mol. The maximum absolute atomic E-state index is 5.47. The van der Waals surface area contributed by atoms with Gasteiger partial charge < -0.3 is 5.43 Å². The van der Waals surface area contributed by atoms with E-state index in [1.54, 1.807) is 11.8 Å². The minimum Gasteiger partial charge on any atom is -0.308 e. The first kappa shape index (κ1) is 12.9. The summed E-state index contributed by atoms with van der Waals surface area (Å²) < 4.78 is 1.06. The Labute approximate surface area is 124 Å². The van der Waals surface area contributed by atoms with Gasteiger partial charge in [0.05, 0.1) is 0 Å². The van der Waals surface area contributed by atoms with E-state index in [0.29, 0.717) is 11.7 Å². The Bertz CT molecular complexity index is 601. The van der Waals surface area contributed by atoms with Crippen molar-refractivity contribution in [3.63, 3.8) is 0 Å². The molecule has 0 atom stereocenters. The molecule has 3 N–H and O–H groups in total. The first-order valence-corrected chi connectivity index (χ1v) is 7.64. The normalized spacial score (nSPS) is 14.4. The molecule has 4 nitrogen and oxygen atoms in total. The summed E-state index contributed by atoms with van der Waals surface area (Å²) in [6, 6.07) is 10.0. The molecule has 1 heterocycles. The Morgan fingerprint density at radius 1 is 1.26 bits per heavy atom. The molecule has 1 aliphatic carbocycles. The number of hydrazine groups is 1. The first-order chi connectivity index (χ1) is 9.24. The Balaban J connectivity index is 1.89. The van der Waals surface area contributed by atoms with Gasteiger partial charge in [0, 0.05) is 21.4 Å². The molecule has 1 aromatic heterocycles. The Kier molecular flexibility index (Phi) is 3.72. The average molecular weight is 337 g/mol. The van der Waals surface area contributed by atoms with Crippen molar-refractivity contribution in [3.8, 4) is 0 Å². The van der Waals surface area contributed by atoms with Gasteiger partial charge in [-0.1, -0.05) is 33.8 Å². The van der Waals surface area contributed by atoms with Crippen LogP contribution in [0.4, 0.5) is 5.82 Å². The van der Waals surface area contributed by atoms with Crippen molar-refractivity contribution in [2.24, 2.45) is 5.84 Å². The van der Waals surface area contributed by atoms with E-state index in [-0.39, 0.29) is 0 Å². The summed E-state index contributed by atoms with van der Waals surface area (Å²) in [5, 5.41) is 0.919. The SMILES string of the molecule is NNc1cc(Sc2cccc(Br)c2)nc(C2CC2)n1. The van der Waals surface area contributed by atoms with Crippen molar-refractivity contribution in [2.45, 2.75) is 28.7 Å². The molecule has 0 radical (unpaired) electrons. The van der Waals surface area contributed by atoms with Crippen LogP contribution >= 0.6 is 27.7 Å². The number of nitrogens with one attached hydrogen (secondary N) is 1. The fourth-order valence-electron chi connectivity index (χ4n) is 1.74. The predicted molar refractivity (Wildman–Crippen MR) is 80.1 cm³/mol. The standard InChI is InChI=1S/C13H13BrN4S/c14-9-2-1-3-10(6-9)19-12-7-11(18-15)16-13(17-12)8-4-5-8/h1-3,6-8H,4-5,15H2,(H,16,17,18). The smallest absolute Gasteiger partial charge is 0.144 e. The zero-order valence-corrected chi connectivity index (χ0v) is 12.5. The molecule has 1 fully saturated rings. The molecule has 0 unspecified atom stereocenters. The highest BCUT2D eigenvalue weighted by atomic mass is 79.9. The second-order valence-corrected chi connectivity index (χ2v) is 6.44. The number of nitrogens with zero attached hydrogens (tertiary/aromatic N) is 2. The van der Waals surface area contributed by atoms with Gasteiger partial charge >= 0.3 is 0 Å². The van der Waals surface area contributed by atoms with Gasteiger partial charge in [0.1, 0.15) is 16.7 Å². The van der Waals surface area contributed by atoms with Gasteiger partial charge in [0.25, 0.3) is 0 Å². The van der Waals surface area contributed by atoms with Crippen LogP contribution in [-0.4, -0.2) is 9.97 Å². The van der Waals surface area contributed by atoms with Crippen LogP contribution in [0, 0.1) is 0 Å². The second-order valence-electron chi connectivity index (χ2n) is 4.43.